The molecule has 4 aromatic rings. The van der Waals surface area contributed by atoms with Crippen LogP contribution in [0.5, 0.6) is 5.75 Å². The van der Waals surface area contributed by atoms with Gasteiger partial charge in [0, 0.05) is 17.1 Å². The fourth-order valence-corrected chi connectivity index (χ4v) is 4.37. The topological polar surface area (TPSA) is 82.2 Å². The van der Waals surface area contributed by atoms with E-state index < -0.39 is 0 Å². The second kappa shape index (κ2) is 11.3. The van der Waals surface area contributed by atoms with E-state index in [9.17, 15) is 4.79 Å². The predicted molar refractivity (Wildman–Crippen MR) is 133 cm³/mol. The van der Waals surface area contributed by atoms with Gasteiger partial charge in [-0.25, -0.2) is 0 Å². The lowest BCUT2D eigenvalue weighted by atomic mass is 10.1. The van der Waals surface area contributed by atoms with Gasteiger partial charge in [-0.15, -0.1) is 10.2 Å². The lowest BCUT2D eigenvalue weighted by Crippen LogP contribution is -2.32. The number of nitrogens with zero attached hydrogens (tertiary/aromatic N) is 3. The second-order valence-corrected chi connectivity index (χ2v) is 9.37. The summed E-state index contributed by atoms with van der Waals surface area (Å²) in [4.78, 5) is 12.7. The summed E-state index contributed by atoms with van der Waals surface area (Å²) in [5, 5.41) is 12.7. The van der Waals surface area contributed by atoms with Crippen molar-refractivity contribution < 1.29 is 13.9 Å². The average Bonchev–Trinajstić information content (AvgIpc) is 3.51. The highest BCUT2D eigenvalue weighted by Crippen LogP contribution is 2.28. The van der Waals surface area contributed by atoms with Crippen LogP contribution in [0.3, 0.4) is 0 Å². The van der Waals surface area contributed by atoms with Crippen molar-refractivity contribution in [2.24, 2.45) is 0 Å². The normalized spacial score (nSPS) is 11.9. The average molecular weight is 497 g/mol. The van der Waals surface area contributed by atoms with E-state index in [0.29, 0.717) is 29.1 Å². The van der Waals surface area contributed by atoms with Gasteiger partial charge in [0.25, 0.3) is 0 Å². The molecule has 0 aliphatic heterocycles. The summed E-state index contributed by atoms with van der Waals surface area (Å²) in [5.41, 5.74) is 2.01. The van der Waals surface area contributed by atoms with E-state index in [4.69, 9.17) is 20.8 Å². The molecule has 2 aromatic heterocycles. The van der Waals surface area contributed by atoms with Gasteiger partial charge in [-0.3, -0.25) is 9.36 Å². The summed E-state index contributed by atoms with van der Waals surface area (Å²) in [6.07, 6.45) is 2.37. The molecule has 0 aliphatic rings. The number of halogens is 1. The smallest absolute Gasteiger partial charge is 0.233 e. The molecule has 1 amide bonds. The minimum atomic E-state index is -0.353. The van der Waals surface area contributed by atoms with Crippen LogP contribution in [0.1, 0.15) is 18.2 Å². The first-order chi connectivity index (χ1) is 16.5. The Labute approximate surface area is 207 Å². The Morgan fingerprint density at radius 3 is 2.59 bits per heavy atom. The summed E-state index contributed by atoms with van der Waals surface area (Å²) >= 11 is 7.41. The van der Waals surface area contributed by atoms with E-state index in [1.165, 1.54) is 11.8 Å². The number of carbonyl (C=O) groups is 1. The molecule has 0 saturated carbocycles. The van der Waals surface area contributed by atoms with Gasteiger partial charge in [0.05, 0.1) is 25.2 Å². The number of methoxy groups -OCH3 is 1. The van der Waals surface area contributed by atoms with Crippen LogP contribution in [0.4, 0.5) is 0 Å². The van der Waals surface area contributed by atoms with E-state index in [2.05, 4.69) is 15.5 Å². The van der Waals surface area contributed by atoms with Gasteiger partial charge in [-0.2, -0.15) is 0 Å². The highest BCUT2D eigenvalue weighted by atomic mass is 35.5. The molecule has 34 heavy (non-hydrogen) atoms. The van der Waals surface area contributed by atoms with Crippen molar-refractivity contribution in [1.29, 1.82) is 0 Å². The zero-order chi connectivity index (χ0) is 23.9. The Balaban J connectivity index is 1.43. The van der Waals surface area contributed by atoms with Gasteiger partial charge in [0.1, 0.15) is 11.5 Å². The monoisotopic (exact) mass is 496 g/mol. The number of benzene rings is 2. The zero-order valence-corrected chi connectivity index (χ0v) is 20.5. The van der Waals surface area contributed by atoms with Crippen molar-refractivity contribution in [2.75, 3.05) is 13.7 Å². The molecule has 2 heterocycles. The zero-order valence-electron chi connectivity index (χ0n) is 18.9. The fraction of sp³-hybridized carbons (Fsp3) is 0.240. The van der Waals surface area contributed by atoms with E-state index in [1.54, 1.807) is 13.4 Å². The van der Waals surface area contributed by atoms with Crippen molar-refractivity contribution in [2.45, 2.75) is 30.3 Å². The van der Waals surface area contributed by atoms with Gasteiger partial charge >= 0.3 is 0 Å². The van der Waals surface area contributed by atoms with E-state index in [0.717, 1.165) is 29.1 Å². The molecule has 0 bridgehead atoms. The number of hydrogen-bond acceptors (Lipinski definition) is 6. The van der Waals surface area contributed by atoms with Crippen LogP contribution in [0.15, 0.2) is 76.5 Å². The van der Waals surface area contributed by atoms with Crippen molar-refractivity contribution in [1.82, 2.24) is 20.1 Å². The van der Waals surface area contributed by atoms with Crippen LogP contribution in [-0.4, -0.2) is 39.6 Å². The number of nitrogens with one attached hydrogen (secondary N) is 1. The number of amides is 1. The first-order valence-corrected chi connectivity index (χ1v) is 12.1. The summed E-state index contributed by atoms with van der Waals surface area (Å²) in [6.45, 7) is 2.86. The first-order valence-electron chi connectivity index (χ1n) is 10.8. The Hall–Kier alpha value is -3.23. The standard InChI is InChI=1S/C25H25ClN4O3S/c1-17(24(31)27-14-13-18-5-11-21(32-2)12-6-18)34-25-29-28-23(19-7-9-20(26)10-8-19)30(25)16-22-4-3-15-33-22/h3-12,15,17H,13-14,16H2,1-2H3,(H,27,31). The number of ether oxygens (including phenoxy) is 1. The summed E-state index contributed by atoms with van der Waals surface area (Å²) in [6, 6.07) is 19.0. The quantitative estimate of drug-likeness (QED) is 0.308. The van der Waals surface area contributed by atoms with Gasteiger partial charge in [-0.05, 0) is 67.4 Å². The summed E-state index contributed by atoms with van der Waals surface area (Å²) in [5.74, 6) is 2.21. The van der Waals surface area contributed by atoms with Crippen LogP contribution in [0.2, 0.25) is 5.02 Å². The molecule has 0 saturated heterocycles. The Kier molecular flexibility index (Phi) is 7.92. The number of furan rings is 1. The molecule has 9 heteroatoms. The molecule has 0 aliphatic carbocycles. The molecule has 0 radical (unpaired) electrons. The Bertz CT molecular complexity index is 1210. The van der Waals surface area contributed by atoms with Crippen molar-refractivity contribution in [3.8, 4) is 17.1 Å². The van der Waals surface area contributed by atoms with Crippen molar-refractivity contribution in [3.63, 3.8) is 0 Å². The van der Waals surface area contributed by atoms with Crippen LogP contribution in [0.25, 0.3) is 11.4 Å². The van der Waals surface area contributed by atoms with E-state index in [1.807, 2.05) is 72.2 Å². The predicted octanol–water partition coefficient (Wildman–Crippen LogP) is 5.09. The molecule has 0 fully saturated rings. The summed E-state index contributed by atoms with van der Waals surface area (Å²) < 4.78 is 12.7. The SMILES string of the molecule is COc1ccc(CCNC(=O)C(C)Sc2nnc(-c3ccc(Cl)cc3)n2Cc2ccco2)cc1. The second-order valence-electron chi connectivity index (χ2n) is 7.63. The molecular weight excluding hydrogens is 472 g/mol. The largest absolute Gasteiger partial charge is 0.497 e. The maximum absolute atomic E-state index is 12.7. The summed E-state index contributed by atoms with van der Waals surface area (Å²) in [7, 11) is 1.64. The highest BCUT2D eigenvalue weighted by Gasteiger charge is 2.21. The molecule has 2 aromatic carbocycles. The molecule has 1 atom stereocenters. The van der Waals surface area contributed by atoms with Gasteiger partial charge in [-0.1, -0.05) is 35.5 Å². The van der Waals surface area contributed by atoms with Gasteiger partial charge in [0.15, 0.2) is 11.0 Å². The fourth-order valence-electron chi connectivity index (χ4n) is 3.37. The molecule has 4 rings (SSSR count). The highest BCUT2D eigenvalue weighted by molar-refractivity contribution is 8.00. The minimum absolute atomic E-state index is 0.0564. The van der Waals surface area contributed by atoms with Crippen LogP contribution in [0, 0.1) is 0 Å². The third-order valence-electron chi connectivity index (χ3n) is 5.24. The van der Waals surface area contributed by atoms with Crippen molar-refractivity contribution >= 4 is 29.3 Å². The van der Waals surface area contributed by atoms with Crippen LogP contribution >= 0.6 is 23.4 Å². The number of aromatic nitrogens is 3. The van der Waals surface area contributed by atoms with Gasteiger partial charge < -0.3 is 14.5 Å². The third-order valence-corrected chi connectivity index (χ3v) is 6.57. The molecule has 0 spiro atoms. The van der Waals surface area contributed by atoms with E-state index in [-0.39, 0.29) is 11.2 Å². The molecule has 1 N–H and O–H groups in total. The number of thioether (sulfide) groups is 1. The Morgan fingerprint density at radius 1 is 1.15 bits per heavy atom. The van der Waals surface area contributed by atoms with Gasteiger partial charge in [0.2, 0.25) is 5.91 Å². The van der Waals surface area contributed by atoms with Crippen LogP contribution < -0.4 is 10.1 Å². The molecule has 176 valence electrons. The number of hydrogen-bond donors (Lipinski definition) is 1. The number of rotatable bonds is 10. The Morgan fingerprint density at radius 2 is 1.91 bits per heavy atom. The maximum Gasteiger partial charge on any atom is 0.233 e. The van der Waals surface area contributed by atoms with E-state index >= 15 is 0 Å². The minimum Gasteiger partial charge on any atom is -0.497 e. The molecular formula is C25H25ClN4O3S. The maximum atomic E-state index is 12.7. The molecule has 1 unspecified atom stereocenters. The lowest BCUT2D eigenvalue weighted by molar-refractivity contribution is -0.120. The number of carbonyl (C=O) groups excluding carboxylic acids is 1. The van der Waals surface area contributed by atoms with Crippen LogP contribution in [-0.2, 0) is 17.8 Å². The van der Waals surface area contributed by atoms with Crippen molar-refractivity contribution in [3.05, 3.63) is 83.3 Å². The lowest BCUT2D eigenvalue weighted by Gasteiger charge is -2.13. The first kappa shape index (κ1) is 23.9. The molecule has 7 nitrogen and oxygen atoms in total. The third kappa shape index (κ3) is 6.01.